The number of hydrogen-bond donors (Lipinski definition) is 1. The molecule has 1 aromatic rings. The Morgan fingerprint density at radius 3 is 2.42 bits per heavy atom. The third-order valence-corrected chi connectivity index (χ3v) is 2.84. The summed E-state index contributed by atoms with van der Waals surface area (Å²) >= 11 is 1.24. The van der Waals surface area contributed by atoms with Crippen LogP contribution in [-0.4, -0.2) is 16.1 Å². The van der Waals surface area contributed by atoms with Crippen molar-refractivity contribution in [2.75, 3.05) is 0 Å². The maximum absolute atomic E-state index is 10.5. The van der Waals surface area contributed by atoms with E-state index in [4.69, 9.17) is 5.11 Å². The van der Waals surface area contributed by atoms with Gasteiger partial charge in [0.05, 0.1) is 0 Å². The normalized spacial score (nSPS) is 11.6. The molecule has 0 atom stereocenters. The van der Waals surface area contributed by atoms with Gasteiger partial charge in [-0.25, -0.2) is 9.78 Å². The second kappa shape index (κ2) is 2.86. The van der Waals surface area contributed by atoms with E-state index in [1.54, 1.807) is 6.20 Å². The maximum Gasteiger partial charge on any atom is 0.365 e. The minimum absolute atomic E-state index is 0.00856. The fourth-order valence-electron chi connectivity index (χ4n) is 0.720. The lowest BCUT2D eigenvalue weighted by atomic mass is 9.96. The molecule has 0 bridgehead atoms. The van der Waals surface area contributed by atoms with Gasteiger partial charge in [0.15, 0.2) is 0 Å². The zero-order chi connectivity index (χ0) is 9.35. The molecule has 66 valence electrons. The molecule has 4 heteroatoms. The lowest BCUT2D eigenvalue weighted by Crippen LogP contribution is -2.07. The quantitative estimate of drug-likeness (QED) is 0.729. The first-order chi connectivity index (χ1) is 5.41. The lowest BCUT2D eigenvalue weighted by molar-refractivity contribution is 0.0696. The summed E-state index contributed by atoms with van der Waals surface area (Å²) < 4.78 is 0. The molecule has 0 aliphatic rings. The summed E-state index contributed by atoms with van der Waals surface area (Å²) in [6.45, 7) is 6.10. The van der Waals surface area contributed by atoms with E-state index in [1.807, 2.05) is 20.8 Å². The number of aromatic carboxylic acids is 1. The van der Waals surface area contributed by atoms with Crippen LogP contribution in [0.4, 0.5) is 0 Å². The van der Waals surface area contributed by atoms with Crippen molar-refractivity contribution in [3.63, 3.8) is 0 Å². The Bertz CT molecular complexity index is 298. The molecular formula is C8H11NO2S. The number of hydrogen-bond acceptors (Lipinski definition) is 3. The first-order valence-corrected chi connectivity index (χ1v) is 4.42. The highest BCUT2D eigenvalue weighted by Crippen LogP contribution is 2.27. The van der Waals surface area contributed by atoms with Crippen LogP contribution < -0.4 is 0 Å². The summed E-state index contributed by atoms with van der Waals surface area (Å²) in [6, 6.07) is 0. The maximum atomic E-state index is 10.5. The van der Waals surface area contributed by atoms with Gasteiger partial charge >= 0.3 is 5.97 Å². The van der Waals surface area contributed by atoms with Gasteiger partial charge in [-0.1, -0.05) is 20.8 Å². The van der Waals surface area contributed by atoms with Crippen LogP contribution in [0.15, 0.2) is 6.20 Å². The molecule has 1 aromatic heterocycles. The summed E-state index contributed by atoms with van der Waals surface area (Å²) in [7, 11) is 0. The largest absolute Gasteiger partial charge is 0.476 e. The lowest BCUT2D eigenvalue weighted by Gasteiger charge is -2.14. The Hall–Kier alpha value is -0.900. The Labute approximate surface area is 75.1 Å². The third kappa shape index (κ3) is 1.82. The highest BCUT2D eigenvalue weighted by molar-refractivity contribution is 7.13. The summed E-state index contributed by atoms with van der Waals surface area (Å²) in [5.41, 5.74) is -0.00856. The zero-order valence-corrected chi connectivity index (χ0v) is 8.10. The highest BCUT2D eigenvalue weighted by atomic mass is 32.1. The summed E-state index contributed by atoms with van der Waals surface area (Å²) in [5.74, 6) is -0.949. The molecule has 1 heterocycles. The number of nitrogens with zero attached hydrogens (tertiary/aromatic N) is 1. The molecule has 0 amide bonds. The predicted octanol–water partition coefficient (Wildman–Crippen LogP) is 2.14. The van der Waals surface area contributed by atoms with Gasteiger partial charge in [-0.2, -0.15) is 0 Å². The molecular weight excluding hydrogens is 174 g/mol. The average Bonchev–Trinajstić information content (AvgIpc) is 2.30. The van der Waals surface area contributed by atoms with Crippen LogP contribution in [0.2, 0.25) is 0 Å². The van der Waals surface area contributed by atoms with Crippen LogP contribution in [0, 0.1) is 0 Å². The Morgan fingerprint density at radius 1 is 1.58 bits per heavy atom. The van der Waals surface area contributed by atoms with Gasteiger partial charge in [0.1, 0.15) is 0 Å². The fourth-order valence-corrected chi connectivity index (χ4v) is 1.53. The van der Waals surface area contributed by atoms with Crippen LogP contribution in [0.5, 0.6) is 0 Å². The minimum atomic E-state index is -0.949. The molecule has 1 rings (SSSR count). The van der Waals surface area contributed by atoms with E-state index in [2.05, 4.69) is 4.98 Å². The van der Waals surface area contributed by atoms with Gasteiger partial charge in [0.25, 0.3) is 0 Å². The van der Waals surface area contributed by atoms with Gasteiger partial charge in [0, 0.05) is 11.1 Å². The van der Waals surface area contributed by atoms with E-state index in [0.717, 1.165) is 4.88 Å². The van der Waals surface area contributed by atoms with Crippen LogP contribution in [0.1, 0.15) is 35.5 Å². The van der Waals surface area contributed by atoms with Crippen LogP contribution in [0.25, 0.3) is 0 Å². The molecule has 0 aromatic carbocycles. The van der Waals surface area contributed by atoms with Crippen molar-refractivity contribution in [1.29, 1.82) is 0 Å². The first kappa shape index (κ1) is 9.19. The van der Waals surface area contributed by atoms with E-state index in [1.165, 1.54) is 11.3 Å². The number of aromatic nitrogens is 1. The van der Waals surface area contributed by atoms with Crippen LogP contribution in [0.3, 0.4) is 0 Å². The summed E-state index contributed by atoms with van der Waals surface area (Å²) in [6.07, 6.45) is 1.63. The summed E-state index contributed by atoms with van der Waals surface area (Å²) in [5, 5.41) is 8.78. The molecule has 3 nitrogen and oxygen atoms in total. The van der Waals surface area contributed by atoms with Crippen molar-refractivity contribution in [3.8, 4) is 0 Å². The average molecular weight is 185 g/mol. The van der Waals surface area contributed by atoms with Gasteiger partial charge in [-0.15, -0.1) is 11.3 Å². The number of carboxylic acid groups (broad SMARTS) is 1. The highest BCUT2D eigenvalue weighted by Gasteiger charge is 2.19. The van der Waals surface area contributed by atoms with E-state index in [9.17, 15) is 4.79 Å². The molecule has 0 aliphatic heterocycles. The van der Waals surface area contributed by atoms with Gasteiger partial charge in [-0.05, 0) is 5.41 Å². The standard InChI is InChI=1S/C8H11NO2S/c1-8(2,3)5-4-9-6(12-5)7(10)11/h4H,1-3H3,(H,10,11). The van der Waals surface area contributed by atoms with E-state index in [-0.39, 0.29) is 10.4 Å². The molecule has 0 fully saturated rings. The number of carbonyl (C=O) groups is 1. The topological polar surface area (TPSA) is 50.2 Å². The number of rotatable bonds is 1. The van der Waals surface area contributed by atoms with Crippen molar-refractivity contribution in [2.24, 2.45) is 0 Å². The molecule has 1 N–H and O–H groups in total. The predicted molar refractivity (Wildman–Crippen MR) is 47.8 cm³/mol. The first-order valence-electron chi connectivity index (χ1n) is 3.61. The zero-order valence-electron chi connectivity index (χ0n) is 7.29. The van der Waals surface area contributed by atoms with Gasteiger partial charge in [0.2, 0.25) is 5.01 Å². The molecule has 0 spiro atoms. The van der Waals surface area contributed by atoms with Crippen molar-refractivity contribution in [3.05, 3.63) is 16.1 Å². The SMILES string of the molecule is CC(C)(C)c1cnc(C(=O)O)s1. The van der Waals surface area contributed by atoms with Crippen molar-refractivity contribution >= 4 is 17.3 Å². The van der Waals surface area contributed by atoms with Crippen LogP contribution >= 0.6 is 11.3 Å². The number of thiazole rings is 1. The Kier molecular flexibility index (Phi) is 2.19. The van der Waals surface area contributed by atoms with Crippen LogP contribution in [-0.2, 0) is 5.41 Å². The molecule has 0 unspecified atom stereocenters. The van der Waals surface area contributed by atoms with Crippen molar-refractivity contribution in [2.45, 2.75) is 26.2 Å². The summed E-state index contributed by atoms with van der Waals surface area (Å²) in [4.78, 5) is 15.3. The third-order valence-electron chi connectivity index (χ3n) is 1.43. The van der Waals surface area contributed by atoms with Gasteiger partial charge in [-0.3, -0.25) is 0 Å². The molecule has 12 heavy (non-hydrogen) atoms. The van der Waals surface area contributed by atoms with Crippen molar-refractivity contribution < 1.29 is 9.90 Å². The minimum Gasteiger partial charge on any atom is -0.476 e. The smallest absolute Gasteiger partial charge is 0.365 e. The van der Waals surface area contributed by atoms with E-state index in [0.29, 0.717) is 0 Å². The Balaban J connectivity index is 3.00. The number of carboxylic acids is 1. The molecule has 0 saturated carbocycles. The molecule has 0 radical (unpaired) electrons. The fraction of sp³-hybridized carbons (Fsp3) is 0.500. The van der Waals surface area contributed by atoms with E-state index < -0.39 is 5.97 Å². The second-order valence-corrected chi connectivity index (χ2v) is 4.62. The van der Waals surface area contributed by atoms with Crippen molar-refractivity contribution in [1.82, 2.24) is 4.98 Å². The van der Waals surface area contributed by atoms with E-state index >= 15 is 0 Å². The monoisotopic (exact) mass is 185 g/mol. The Morgan fingerprint density at radius 2 is 2.17 bits per heavy atom. The molecule has 0 aliphatic carbocycles. The molecule has 0 saturated heterocycles. The van der Waals surface area contributed by atoms with Gasteiger partial charge < -0.3 is 5.11 Å². The second-order valence-electron chi connectivity index (χ2n) is 3.58.